The van der Waals surface area contributed by atoms with Gasteiger partial charge in [-0.15, -0.1) is 11.8 Å². The molecule has 1 unspecified atom stereocenters. The Morgan fingerprint density at radius 1 is 0.917 bits per heavy atom. The molecule has 0 saturated carbocycles. The molecular weight excluding hydrogens is 657 g/mol. The molecule has 0 aliphatic carbocycles. The molecule has 4 aromatic carbocycles. The SMILES string of the molecule is CSc1ccc2c(c1)N(CCC1CCCCN1C)c1ccccc1S2.Cc1ncc2n1-c1ccc(Cl)cc1C(c1ccccc1F)=NC2. The largest absolute Gasteiger partial charge is 0.340 e. The number of hydrogen-bond donors (Lipinski definition) is 0. The molecule has 1 aromatic heterocycles. The fourth-order valence-corrected chi connectivity index (χ4v) is 8.60. The van der Waals surface area contributed by atoms with E-state index in [1.54, 1.807) is 12.1 Å². The van der Waals surface area contributed by atoms with Crippen LogP contribution in [-0.2, 0) is 6.54 Å². The number of aromatic nitrogens is 2. The Labute approximate surface area is 296 Å². The minimum Gasteiger partial charge on any atom is -0.340 e. The molecule has 3 aliphatic rings. The summed E-state index contributed by atoms with van der Waals surface area (Å²) in [7, 11) is 2.30. The molecule has 9 heteroatoms. The number of hydrogen-bond acceptors (Lipinski definition) is 6. The second-order valence-electron chi connectivity index (χ2n) is 12.4. The molecular formula is C39H39ClFN5S2. The second kappa shape index (κ2) is 14.5. The summed E-state index contributed by atoms with van der Waals surface area (Å²) in [6.45, 7) is 4.73. The van der Waals surface area contributed by atoms with E-state index in [-0.39, 0.29) is 5.82 Å². The van der Waals surface area contributed by atoms with Gasteiger partial charge in [-0.2, -0.15) is 0 Å². The quantitative estimate of drug-likeness (QED) is 0.171. The molecule has 48 heavy (non-hydrogen) atoms. The van der Waals surface area contributed by atoms with Gasteiger partial charge in [0.15, 0.2) is 0 Å². The number of likely N-dealkylation sites (tertiary alicyclic amines) is 1. The van der Waals surface area contributed by atoms with Gasteiger partial charge < -0.3 is 9.80 Å². The van der Waals surface area contributed by atoms with Crippen molar-refractivity contribution >= 4 is 52.2 Å². The number of imidazole rings is 1. The summed E-state index contributed by atoms with van der Waals surface area (Å²) in [5.74, 6) is 0.576. The molecule has 0 radical (unpaired) electrons. The molecule has 1 fully saturated rings. The number of halogens is 2. The molecule has 1 atom stereocenters. The van der Waals surface area contributed by atoms with E-state index in [4.69, 9.17) is 11.6 Å². The number of aliphatic imine (C=N–C) groups is 1. The Balaban J connectivity index is 0.000000152. The van der Waals surface area contributed by atoms with Crippen LogP contribution in [0.1, 0.15) is 48.3 Å². The molecule has 246 valence electrons. The maximum atomic E-state index is 14.3. The summed E-state index contributed by atoms with van der Waals surface area (Å²) in [5, 5.41) is 0.592. The number of para-hydroxylation sites is 1. The van der Waals surface area contributed by atoms with Gasteiger partial charge in [0, 0.05) is 43.4 Å². The fraction of sp³-hybridized carbons (Fsp3) is 0.282. The smallest absolute Gasteiger partial charge is 0.132 e. The van der Waals surface area contributed by atoms with Gasteiger partial charge in [-0.1, -0.05) is 54.0 Å². The summed E-state index contributed by atoms with van der Waals surface area (Å²) in [4.78, 5) is 18.2. The third-order valence-corrected chi connectivity index (χ3v) is 11.5. The number of nitrogens with zero attached hydrogens (tertiary/aromatic N) is 5. The number of piperidine rings is 1. The van der Waals surface area contributed by atoms with Crippen molar-refractivity contribution in [1.29, 1.82) is 0 Å². The first kappa shape index (κ1) is 33.0. The van der Waals surface area contributed by atoms with Crippen molar-refractivity contribution in [2.24, 2.45) is 4.99 Å². The molecule has 0 N–H and O–H groups in total. The standard InChI is InChI=1S/C21H26N2S2.C18H13ClFN3/c1-22-13-6-5-7-16(22)12-14-23-18-8-3-4-9-20(18)25-21-11-10-17(24-2)15-19(21)23;1-11-21-9-13-10-22-18(14-4-2-3-5-16(14)20)15-8-12(19)6-7-17(15)23(11)13/h3-4,8-11,15-16H,5-7,12-14H2,1-2H3;2-9H,10H2,1H3. The Kier molecular flexibility index (Phi) is 9.96. The van der Waals surface area contributed by atoms with E-state index in [9.17, 15) is 4.39 Å². The average Bonchev–Trinajstić information content (AvgIpc) is 3.39. The van der Waals surface area contributed by atoms with Crippen LogP contribution in [-0.4, -0.2) is 52.6 Å². The highest BCUT2D eigenvalue weighted by Gasteiger charge is 2.26. The molecule has 5 nitrogen and oxygen atoms in total. The minimum absolute atomic E-state index is 0.293. The van der Waals surface area contributed by atoms with E-state index in [1.165, 1.54) is 64.4 Å². The first-order valence-corrected chi connectivity index (χ1v) is 18.9. The summed E-state index contributed by atoms with van der Waals surface area (Å²) in [6, 6.07) is 28.7. The lowest BCUT2D eigenvalue weighted by atomic mass is 9.99. The van der Waals surface area contributed by atoms with E-state index in [2.05, 4.69) is 75.5 Å². The van der Waals surface area contributed by atoms with Crippen molar-refractivity contribution in [3.63, 3.8) is 0 Å². The zero-order chi connectivity index (χ0) is 33.2. The summed E-state index contributed by atoms with van der Waals surface area (Å²) < 4.78 is 16.3. The lowest BCUT2D eigenvalue weighted by Gasteiger charge is -2.37. The highest BCUT2D eigenvalue weighted by molar-refractivity contribution is 8.00. The third-order valence-electron chi connectivity index (χ3n) is 9.43. The van der Waals surface area contributed by atoms with Crippen LogP contribution in [0.3, 0.4) is 0 Å². The average molecular weight is 696 g/mol. The van der Waals surface area contributed by atoms with Crippen LogP contribution in [0.15, 0.2) is 111 Å². The molecule has 3 aliphatic heterocycles. The van der Waals surface area contributed by atoms with Crippen molar-refractivity contribution in [2.75, 3.05) is 31.3 Å². The van der Waals surface area contributed by atoms with Crippen LogP contribution in [0.4, 0.5) is 15.8 Å². The molecule has 1 saturated heterocycles. The van der Waals surface area contributed by atoms with Crippen LogP contribution in [0.2, 0.25) is 5.02 Å². The molecule has 4 heterocycles. The first-order valence-electron chi connectivity index (χ1n) is 16.5. The van der Waals surface area contributed by atoms with Gasteiger partial charge in [0.1, 0.15) is 11.6 Å². The van der Waals surface area contributed by atoms with Crippen LogP contribution >= 0.6 is 35.1 Å². The normalized spacial score (nSPS) is 16.8. The van der Waals surface area contributed by atoms with Crippen LogP contribution < -0.4 is 4.90 Å². The summed E-state index contributed by atoms with van der Waals surface area (Å²) >= 11 is 9.92. The molecule has 0 bridgehead atoms. The highest BCUT2D eigenvalue weighted by Crippen LogP contribution is 2.49. The predicted molar refractivity (Wildman–Crippen MR) is 200 cm³/mol. The highest BCUT2D eigenvalue weighted by atomic mass is 35.5. The maximum absolute atomic E-state index is 14.3. The maximum Gasteiger partial charge on any atom is 0.132 e. The van der Waals surface area contributed by atoms with E-state index in [1.807, 2.05) is 65.5 Å². The van der Waals surface area contributed by atoms with Crippen LogP contribution in [0, 0.1) is 12.7 Å². The molecule has 0 amide bonds. The van der Waals surface area contributed by atoms with Crippen LogP contribution in [0.25, 0.3) is 5.69 Å². The van der Waals surface area contributed by atoms with Crippen molar-refractivity contribution in [2.45, 2.75) is 59.9 Å². The van der Waals surface area contributed by atoms with Crippen molar-refractivity contribution in [3.8, 4) is 5.69 Å². The van der Waals surface area contributed by atoms with Gasteiger partial charge in [0.2, 0.25) is 0 Å². The van der Waals surface area contributed by atoms with Gasteiger partial charge in [-0.25, -0.2) is 9.37 Å². The number of rotatable bonds is 5. The molecule has 0 spiro atoms. The number of fused-ring (bicyclic) bond motifs is 5. The van der Waals surface area contributed by atoms with Gasteiger partial charge in [-0.3, -0.25) is 9.56 Å². The lowest BCUT2D eigenvalue weighted by Crippen LogP contribution is -2.38. The van der Waals surface area contributed by atoms with Gasteiger partial charge in [-0.05, 0) is 107 Å². The monoisotopic (exact) mass is 695 g/mol. The number of benzene rings is 4. The summed E-state index contributed by atoms with van der Waals surface area (Å²) in [6.07, 6.45) is 9.29. The minimum atomic E-state index is -0.293. The van der Waals surface area contributed by atoms with E-state index in [0.717, 1.165) is 35.4 Å². The van der Waals surface area contributed by atoms with Crippen molar-refractivity contribution in [3.05, 3.63) is 125 Å². The van der Waals surface area contributed by atoms with Crippen molar-refractivity contribution < 1.29 is 4.39 Å². The summed E-state index contributed by atoms with van der Waals surface area (Å²) in [5.41, 5.74) is 6.54. The zero-order valence-electron chi connectivity index (χ0n) is 27.5. The molecule has 8 rings (SSSR count). The second-order valence-corrected chi connectivity index (χ2v) is 14.8. The predicted octanol–water partition coefficient (Wildman–Crippen LogP) is 10.2. The number of anilines is 2. The van der Waals surface area contributed by atoms with E-state index < -0.39 is 0 Å². The molecule has 5 aromatic rings. The zero-order valence-corrected chi connectivity index (χ0v) is 29.9. The van der Waals surface area contributed by atoms with Gasteiger partial charge in [0.05, 0.1) is 41.2 Å². The fourth-order valence-electron chi connectivity index (χ4n) is 6.92. The Hall–Kier alpha value is -3.56. The first-order chi connectivity index (χ1) is 23.4. The Morgan fingerprint density at radius 2 is 1.73 bits per heavy atom. The van der Waals surface area contributed by atoms with Gasteiger partial charge >= 0.3 is 0 Å². The van der Waals surface area contributed by atoms with Crippen molar-refractivity contribution in [1.82, 2.24) is 14.5 Å². The van der Waals surface area contributed by atoms with Gasteiger partial charge in [0.25, 0.3) is 0 Å². The number of thioether (sulfide) groups is 1. The third kappa shape index (κ3) is 6.68. The lowest BCUT2D eigenvalue weighted by molar-refractivity contribution is 0.178. The van der Waals surface area contributed by atoms with Crippen LogP contribution in [0.5, 0.6) is 0 Å². The number of aryl methyl sites for hydroxylation is 1. The Bertz CT molecular complexity index is 1970. The van der Waals surface area contributed by atoms with E-state index in [0.29, 0.717) is 22.8 Å². The Morgan fingerprint density at radius 3 is 2.56 bits per heavy atom. The van der Waals surface area contributed by atoms with E-state index >= 15 is 0 Å². The topological polar surface area (TPSA) is 36.7 Å².